The quantitative estimate of drug-likeness (QED) is 0.863. The van der Waals surface area contributed by atoms with E-state index in [2.05, 4.69) is 5.32 Å². The number of nitrogens with zero attached hydrogens (tertiary/aromatic N) is 1. The summed E-state index contributed by atoms with van der Waals surface area (Å²) in [6, 6.07) is 11.9. The highest BCUT2D eigenvalue weighted by atomic mass is 16.5. The van der Waals surface area contributed by atoms with E-state index in [0.29, 0.717) is 6.42 Å². The first-order valence-electron chi connectivity index (χ1n) is 5.79. The van der Waals surface area contributed by atoms with Crippen LogP contribution in [-0.4, -0.2) is 12.1 Å². The minimum absolute atomic E-state index is 0.0893. The number of hydrogen-bond donors (Lipinski definition) is 1. The van der Waals surface area contributed by atoms with Gasteiger partial charge >= 0.3 is 0 Å². The second-order valence-electron chi connectivity index (χ2n) is 4.20. The fraction of sp³-hybridized carbons (Fsp3) is 0.286. The minimum atomic E-state index is -0.438. The van der Waals surface area contributed by atoms with Gasteiger partial charge in [0.2, 0.25) is 5.91 Å². The molecule has 0 saturated heterocycles. The van der Waals surface area contributed by atoms with Crippen molar-refractivity contribution in [2.45, 2.75) is 25.5 Å². The standard InChI is InChI=1S/C14H14N2O2/c1-10(17)16-14-8-12(7-13(9-15)18-14)11-5-3-2-4-6-11/h2-7,12,14H,8H2,1H3,(H,16,17). The Kier molecular flexibility index (Phi) is 3.63. The summed E-state index contributed by atoms with van der Waals surface area (Å²) in [5.41, 5.74) is 1.11. The summed E-state index contributed by atoms with van der Waals surface area (Å²) in [6.45, 7) is 1.44. The number of carbonyl (C=O) groups is 1. The van der Waals surface area contributed by atoms with Crippen LogP contribution in [-0.2, 0) is 9.53 Å². The molecular weight excluding hydrogens is 228 g/mol. The minimum Gasteiger partial charge on any atom is -0.461 e. The van der Waals surface area contributed by atoms with Gasteiger partial charge in [-0.2, -0.15) is 5.26 Å². The zero-order chi connectivity index (χ0) is 13.0. The van der Waals surface area contributed by atoms with Gasteiger partial charge in [0, 0.05) is 19.3 Å². The first-order valence-corrected chi connectivity index (χ1v) is 5.79. The molecule has 0 spiro atoms. The maximum atomic E-state index is 11.1. The molecule has 0 radical (unpaired) electrons. The van der Waals surface area contributed by atoms with Gasteiger partial charge in [0.1, 0.15) is 6.07 Å². The summed E-state index contributed by atoms with van der Waals surface area (Å²) in [5, 5.41) is 11.6. The topological polar surface area (TPSA) is 62.1 Å². The van der Waals surface area contributed by atoms with Gasteiger partial charge in [-0.1, -0.05) is 30.3 Å². The summed E-state index contributed by atoms with van der Waals surface area (Å²) >= 11 is 0. The number of carbonyl (C=O) groups excluding carboxylic acids is 1. The Bertz CT molecular complexity index is 502. The fourth-order valence-corrected chi connectivity index (χ4v) is 2.03. The Labute approximate surface area is 106 Å². The van der Waals surface area contributed by atoms with E-state index in [1.807, 2.05) is 36.4 Å². The molecule has 92 valence electrons. The van der Waals surface area contributed by atoms with Crippen LogP contribution >= 0.6 is 0 Å². The Morgan fingerprint density at radius 2 is 2.17 bits per heavy atom. The molecule has 0 bridgehead atoms. The number of rotatable bonds is 2. The van der Waals surface area contributed by atoms with Crippen LogP contribution in [0.15, 0.2) is 42.2 Å². The second-order valence-corrected chi connectivity index (χ2v) is 4.20. The molecule has 1 aromatic rings. The zero-order valence-corrected chi connectivity index (χ0v) is 10.1. The van der Waals surface area contributed by atoms with Crippen molar-refractivity contribution in [3.8, 4) is 6.07 Å². The smallest absolute Gasteiger partial charge is 0.219 e. The largest absolute Gasteiger partial charge is 0.461 e. The van der Waals surface area contributed by atoms with Gasteiger partial charge < -0.3 is 10.1 Å². The first kappa shape index (κ1) is 12.2. The molecule has 0 saturated carbocycles. The third-order valence-corrected chi connectivity index (χ3v) is 2.79. The van der Waals surface area contributed by atoms with Crippen molar-refractivity contribution in [1.29, 1.82) is 5.26 Å². The number of benzene rings is 1. The van der Waals surface area contributed by atoms with Crippen LogP contribution in [0.3, 0.4) is 0 Å². The maximum absolute atomic E-state index is 11.1. The van der Waals surface area contributed by atoms with Crippen LogP contribution in [0.1, 0.15) is 24.8 Å². The van der Waals surface area contributed by atoms with Gasteiger partial charge in [-0.15, -0.1) is 0 Å². The number of amides is 1. The highest BCUT2D eigenvalue weighted by Crippen LogP contribution is 2.29. The molecule has 1 aromatic carbocycles. The normalized spacial score (nSPS) is 22.3. The van der Waals surface area contributed by atoms with Gasteiger partial charge in [-0.3, -0.25) is 4.79 Å². The lowest BCUT2D eigenvalue weighted by molar-refractivity contribution is -0.122. The molecule has 2 rings (SSSR count). The van der Waals surface area contributed by atoms with Crippen LogP contribution in [0.25, 0.3) is 0 Å². The Hall–Kier alpha value is -2.28. The number of hydrogen-bond acceptors (Lipinski definition) is 3. The van der Waals surface area contributed by atoms with Crippen LogP contribution < -0.4 is 5.32 Å². The van der Waals surface area contributed by atoms with Gasteiger partial charge in [0.25, 0.3) is 0 Å². The Balaban J connectivity index is 2.20. The lowest BCUT2D eigenvalue weighted by Crippen LogP contribution is -2.38. The number of nitrogens with one attached hydrogen (secondary N) is 1. The average molecular weight is 242 g/mol. The SMILES string of the molecule is CC(=O)NC1CC(c2ccccc2)C=C(C#N)O1. The number of nitriles is 1. The van der Waals surface area contributed by atoms with E-state index in [4.69, 9.17) is 10.00 Å². The summed E-state index contributed by atoms with van der Waals surface area (Å²) < 4.78 is 5.37. The van der Waals surface area contributed by atoms with Gasteiger partial charge in [-0.25, -0.2) is 0 Å². The first-order chi connectivity index (χ1) is 8.69. The third-order valence-electron chi connectivity index (χ3n) is 2.79. The van der Waals surface area contributed by atoms with E-state index in [1.165, 1.54) is 6.92 Å². The van der Waals surface area contributed by atoms with Crippen molar-refractivity contribution in [2.75, 3.05) is 0 Å². The molecule has 0 aliphatic carbocycles. The van der Waals surface area contributed by atoms with Gasteiger partial charge in [0.05, 0.1) is 0 Å². The Morgan fingerprint density at radius 3 is 2.78 bits per heavy atom. The van der Waals surface area contributed by atoms with Gasteiger partial charge in [0.15, 0.2) is 12.0 Å². The predicted octanol–water partition coefficient (Wildman–Crippen LogP) is 2.06. The molecule has 1 heterocycles. The van der Waals surface area contributed by atoms with Crippen molar-refractivity contribution in [3.05, 3.63) is 47.7 Å². The highest BCUT2D eigenvalue weighted by Gasteiger charge is 2.25. The maximum Gasteiger partial charge on any atom is 0.219 e. The van der Waals surface area contributed by atoms with Crippen LogP contribution in [0.5, 0.6) is 0 Å². The van der Waals surface area contributed by atoms with E-state index in [9.17, 15) is 4.79 Å². The highest BCUT2D eigenvalue weighted by molar-refractivity contribution is 5.73. The molecule has 1 aliphatic heterocycles. The molecule has 4 nitrogen and oxygen atoms in total. The molecule has 4 heteroatoms. The molecule has 2 unspecified atom stereocenters. The third kappa shape index (κ3) is 2.89. The molecular formula is C14H14N2O2. The number of ether oxygens (including phenoxy) is 1. The predicted molar refractivity (Wildman–Crippen MR) is 66.2 cm³/mol. The molecule has 18 heavy (non-hydrogen) atoms. The molecule has 1 aliphatic rings. The zero-order valence-electron chi connectivity index (χ0n) is 10.1. The van der Waals surface area contributed by atoms with Gasteiger partial charge in [-0.05, 0) is 11.6 Å². The van der Waals surface area contributed by atoms with E-state index in [-0.39, 0.29) is 17.6 Å². The average Bonchev–Trinajstić information content (AvgIpc) is 2.38. The summed E-state index contributed by atoms with van der Waals surface area (Å²) in [4.78, 5) is 11.1. The summed E-state index contributed by atoms with van der Waals surface area (Å²) in [5.74, 6) is 0.186. The summed E-state index contributed by atoms with van der Waals surface area (Å²) in [6.07, 6.45) is 2.00. The van der Waals surface area contributed by atoms with E-state index < -0.39 is 6.23 Å². The van der Waals surface area contributed by atoms with Crippen LogP contribution in [0.2, 0.25) is 0 Å². The Morgan fingerprint density at radius 1 is 1.44 bits per heavy atom. The molecule has 1 amide bonds. The molecule has 1 N–H and O–H groups in total. The fourth-order valence-electron chi connectivity index (χ4n) is 2.03. The molecule has 0 fully saturated rings. The lowest BCUT2D eigenvalue weighted by atomic mass is 9.92. The van der Waals surface area contributed by atoms with Crippen molar-refractivity contribution >= 4 is 5.91 Å². The monoisotopic (exact) mass is 242 g/mol. The number of allylic oxidation sites excluding steroid dienone is 2. The van der Waals surface area contributed by atoms with E-state index >= 15 is 0 Å². The molecule has 2 atom stereocenters. The lowest BCUT2D eigenvalue weighted by Gasteiger charge is -2.27. The van der Waals surface area contributed by atoms with Crippen molar-refractivity contribution < 1.29 is 9.53 Å². The van der Waals surface area contributed by atoms with Crippen LogP contribution in [0, 0.1) is 11.3 Å². The van der Waals surface area contributed by atoms with Crippen molar-refractivity contribution in [1.82, 2.24) is 5.32 Å². The van der Waals surface area contributed by atoms with Crippen molar-refractivity contribution in [2.24, 2.45) is 0 Å². The van der Waals surface area contributed by atoms with Crippen LogP contribution in [0.4, 0.5) is 0 Å². The van der Waals surface area contributed by atoms with E-state index in [0.717, 1.165) is 5.56 Å². The molecule has 0 aromatic heterocycles. The second kappa shape index (κ2) is 5.37. The summed E-state index contributed by atoms with van der Waals surface area (Å²) in [7, 11) is 0. The van der Waals surface area contributed by atoms with E-state index in [1.54, 1.807) is 6.08 Å². The van der Waals surface area contributed by atoms with Crippen molar-refractivity contribution in [3.63, 3.8) is 0 Å².